The first-order chi connectivity index (χ1) is 20.4. The molecule has 0 aliphatic carbocycles. The van der Waals surface area contributed by atoms with Crippen molar-refractivity contribution in [3.8, 4) is 17.1 Å². The van der Waals surface area contributed by atoms with Gasteiger partial charge >= 0.3 is 5.97 Å². The minimum absolute atomic E-state index is 0.0409. The lowest BCUT2D eigenvalue weighted by molar-refractivity contribution is 0.00623. The number of benzene rings is 3. The number of ether oxygens (including phenoxy) is 2. The van der Waals surface area contributed by atoms with E-state index in [1.807, 2.05) is 36.4 Å². The van der Waals surface area contributed by atoms with Crippen LogP contribution in [-0.2, 0) is 24.3 Å². The Morgan fingerprint density at radius 1 is 1.05 bits per heavy atom. The summed E-state index contributed by atoms with van der Waals surface area (Å²) in [5.41, 5.74) is 4.91. The lowest BCUT2D eigenvalue weighted by Gasteiger charge is -2.24. The quantitative estimate of drug-likeness (QED) is 0.195. The van der Waals surface area contributed by atoms with Crippen LogP contribution in [0.5, 0.6) is 5.88 Å². The maximum Gasteiger partial charge on any atom is 0.335 e. The number of aromatic nitrogens is 3. The summed E-state index contributed by atoms with van der Waals surface area (Å²) < 4.78 is 28.0. The Morgan fingerprint density at radius 2 is 1.90 bits per heavy atom. The molecule has 9 heteroatoms. The molecule has 0 bridgehead atoms. The summed E-state index contributed by atoms with van der Waals surface area (Å²) in [6.07, 6.45) is 3.80. The fourth-order valence-electron chi connectivity index (χ4n) is 5.22. The molecule has 42 heavy (non-hydrogen) atoms. The Bertz CT molecular complexity index is 1730. The number of pyridine rings is 1. The fourth-order valence-corrected chi connectivity index (χ4v) is 5.38. The van der Waals surface area contributed by atoms with Crippen LogP contribution in [0.3, 0.4) is 0 Å². The molecule has 1 aliphatic rings. The van der Waals surface area contributed by atoms with Gasteiger partial charge in [-0.05, 0) is 61.2 Å². The van der Waals surface area contributed by atoms with Crippen molar-refractivity contribution in [1.82, 2.24) is 14.5 Å². The molecule has 1 N–H and O–H groups in total. The first kappa shape index (κ1) is 27.9. The first-order valence-electron chi connectivity index (χ1n) is 13.9. The summed E-state index contributed by atoms with van der Waals surface area (Å²) in [7, 11) is 0. The summed E-state index contributed by atoms with van der Waals surface area (Å²) in [6.45, 7) is 1.41. The second kappa shape index (κ2) is 12.3. The van der Waals surface area contributed by atoms with Crippen molar-refractivity contribution in [1.29, 1.82) is 0 Å². The number of rotatable bonds is 9. The van der Waals surface area contributed by atoms with Crippen LogP contribution in [0.4, 0.5) is 4.39 Å². The zero-order chi connectivity index (χ0) is 29.1. The van der Waals surface area contributed by atoms with Crippen LogP contribution >= 0.6 is 11.6 Å². The topological polar surface area (TPSA) is 86.5 Å². The molecule has 1 fully saturated rings. The van der Waals surface area contributed by atoms with Gasteiger partial charge in [-0.3, -0.25) is 0 Å². The third-order valence-corrected chi connectivity index (χ3v) is 7.70. The third kappa shape index (κ3) is 6.30. The molecule has 214 valence electrons. The van der Waals surface area contributed by atoms with E-state index >= 15 is 0 Å². The molecule has 1 unspecified atom stereocenters. The summed E-state index contributed by atoms with van der Waals surface area (Å²) in [6, 6.07) is 23.1. The average molecular weight is 586 g/mol. The van der Waals surface area contributed by atoms with E-state index in [1.165, 1.54) is 6.07 Å². The van der Waals surface area contributed by atoms with Crippen molar-refractivity contribution < 1.29 is 23.8 Å². The predicted molar refractivity (Wildman–Crippen MR) is 159 cm³/mol. The molecular formula is C33H29ClFN3O4. The molecule has 1 atom stereocenters. The molecule has 5 aromatic rings. The van der Waals surface area contributed by atoms with Gasteiger partial charge in [0.05, 0.1) is 34.9 Å². The summed E-state index contributed by atoms with van der Waals surface area (Å²) in [5.74, 6) is -0.130. The Hall–Kier alpha value is -4.27. The van der Waals surface area contributed by atoms with Crippen molar-refractivity contribution in [2.75, 3.05) is 6.61 Å². The van der Waals surface area contributed by atoms with Crippen LogP contribution in [0.25, 0.3) is 22.3 Å². The highest BCUT2D eigenvalue weighted by Gasteiger charge is 2.20. The van der Waals surface area contributed by atoms with E-state index in [0.717, 1.165) is 59.5 Å². The van der Waals surface area contributed by atoms with Gasteiger partial charge in [0.2, 0.25) is 5.88 Å². The van der Waals surface area contributed by atoms with Gasteiger partial charge in [-0.2, -0.15) is 0 Å². The van der Waals surface area contributed by atoms with Gasteiger partial charge in [0.1, 0.15) is 18.2 Å². The largest absolute Gasteiger partial charge is 0.478 e. The number of carboxylic acid groups (broad SMARTS) is 1. The molecule has 3 aromatic carbocycles. The molecule has 7 nitrogen and oxygen atoms in total. The molecule has 0 amide bonds. The second-order valence-electron chi connectivity index (χ2n) is 10.4. The monoisotopic (exact) mass is 585 g/mol. The second-order valence-corrected chi connectivity index (χ2v) is 10.8. The standard InChI is InChI=1S/C33H29ClFN3O4/c34-25-13-11-24(27(35)18-25)20-42-32-6-3-5-28(37-32)22-9-7-21(8-10-22)16-31-36-29-14-12-23(33(39)40)17-30(29)38(31)19-26-4-1-2-15-41-26/h3,5-14,17-18,26H,1-2,4,15-16,19-20H2,(H,39,40). The van der Waals surface area contributed by atoms with E-state index in [-0.39, 0.29) is 18.3 Å². The molecule has 0 radical (unpaired) electrons. The van der Waals surface area contributed by atoms with Gasteiger partial charge in [0, 0.05) is 35.2 Å². The number of fused-ring (bicyclic) bond motifs is 1. The average Bonchev–Trinajstić information content (AvgIpc) is 3.33. The maximum atomic E-state index is 14.1. The molecule has 0 saturated carbocycles. The maximum absolute atomic E-state index is 14.1. The number of hydrogen-bond donors (Lipinski definition) is 1. The van der Waals surface area contributed by atoms with E-state index in [1.54, 1.807) is 36.4 Å². The zero-order valence-corrected chi connectivity index (χ0v) is 23.6. The number of aromatic carboxylic acids is 1. The molecule has 1 aliphatic heterocycles. The highest BCUT2D eigenvalue weighted by molar-refractivity contribution is 6.30. The van der Waals surface area contributed by atoms with Gasteiger partial charge in [-0.15, -0.1) is 0 Å². The predicted octanol–water partition coefficient (Wildman–Crippen LogP) is 7.33. The van der Waals surface area contributed by atoms with Gasteiger partial charge in [-0.25, -0.2) is 19.2 Å². The third-order valence-electron chi connectivity index (χ3n) is 7.46. The lowest BCUT2D eigenvalue weighted by atomic mass is 10.1. The first-order valence-corrected chi connectivity index (χ1v) is 14.3. The summed E-state index contributed by atoms with van der Waals surface area (Å²) in [5, 5.41) is 9.89. The van der Waals surface area contributed by atoms with Crippen molar-refractivity contribution in [2.45, 2.75) is 44.9 Å². The Morgan fingerprint density at radius 3 is 2.67 bits per heavy atom. The van der Waals surface area contributed by atoms with Crippen molar-refractivity contribution >= 4 is 28.6 Å². The minimum Gasteiger partial charge on any atom is -0.478 e. The van der Waals surface area contributed by atoms with E-state index in [9.17, 15) is 14.3 Å². The van der Waals surface area contributed by atoms with Gasteiger partial charge in [-0.1, -0.05) is 48.0 Å². The number of halogens is 2. The van der Waals surface area contributed by atoms with Crippen molar-refractivity contribution in [3.05, 3.63) is 112 Å². The normalized spacial score (nSPS) is 15.1. The Kier molecular flexibility index (Phi) is 8.17. The van der Waals surface area contributed by atoms with Gasteiger partial charge in [0.25, 0.3) is 0 Å². The van der Waals surface area contributed by atoms with Crippen LogP contribution in [0.15, 0.2) is 78.9 Å². The van der Waals surface area contributed by atoms with Crippen LogP contribution < -0.4 is 4.74 Å². The molecule has 1 saturated heterocycles. The van der Waals surface area contributed by atoms with E-state index in [4.69, 9.17) is 26.1 Å². The van der Waals surface area contributed by atoms with E-state index in [2.05, 4.69) is 9.55 Å². The Balaban J connectivity index is 1.21. The SMILES string of the molecule is O=C(O)c1ccc2nc(Cc3ccc(-c4cccc(OCc5ccc(Cl)cc5F)n4)cc3)n(CC3CCCCO3)c2c1. The molecule has 6 rings (SSSR count). The van der Waals surface area contributed by atoms with E-state index < -0.39 is 11.8 Å². The molecule has 3 heterocycles. The lowest BCUT2D eigenvalue weighted by Crippen LogP contribution is -2.25. The molecule has 0 spiro atoms. The molecular weight excluding hydrogens is 557 g/mol. The number of imidazole rings is 1. The van der Waals surface area contributed by atoms with Crippen LogP contribution in [0.1, 0.15) is 46.6 Å². The smallest absolute Gasteiger partial charge is 0.335 e. The summed E-state index contributed by atoms with van der Waals surface area (Å²) >= 11 is 5.84. The number of hydrogen-bond acceptors (Lipinski definition) is 5. The van der Waals surface area contributed by atoms with Crippen LogP contribution in [0.2, 0.25) is 5.02 Å². The van der Waals surface area contributed by atoms with Crippen molar-refractivity contribution in [2.24, 2.45) is 0 Å². The number of carboxylic acids is 1. The number of carbonyl (C=O) groups is 1. The number of nitrogens with zero attached hydrogens (tertiary/aromatic N) is 3. The highest BCUT2D eigenvalue weighted by Crippen LogP contribution is 2.26. The van der Waals surface area contributed by atoms with Crippen molar-refractivity contribution in [3.63, 3.8) is 0 Å². The highest BCUT2D eigenvalue weighted by atomic mass is 35.5. The van der Waals surface area contributed by atoms with E-state index in [0.29, 0.717) is 29.4 Å². The molecule has 2 aromatic heterocycles. The zero-order valence-electron chi connectivity index (χ0n) is 22.8. The van der Waals surface area contributed by atoms with Crippen LogP contribution in [0, 0.1) is 5.82 Å². The van der Waals surface area contributed by atoms with Gasteiger partial charge in [0.15, 0.2) is 0 Å². The fraction of sp³-hybridized carbons (Fsp3) is 0.242. The van der Waals surface area contributed by atoms with Gasteiger partial charge < -0.3 is 19.1 Å². The minimum atomic E-state index is -0.962. The van der Waals surface area contributed by atoms with Crippen LogP contribution in [-0.4, -0.2) is 38.3 Å². The Labute approximate surface area is 247 Å². The summed E-state index contributed by atoms with van der Waals surface area (Å²) in [4.78, 5) is 21.1.